The molecule has 1 aliphatic carbocycles. The predicted molar refractivity (Wildman–Crippen MR) is 60.5 cm³/mol. The molecule has 1 atom stereocenters. The summed E-state index contributed by atoms with van der Waals surface area (Å²) < 4.78 is 0. The topological polar surface area (TPSA) is 49.3 Å². The summed E-state index contributed by atoms with van der Waals surface area (Å²) >= 11 is 0. The molecule has 0 aromatic rings. The lowest BCUT2D eigenvalue weighted by molar-refractivity contribution is -0.123. The summed E-state index contributed by atoms with van der Waals surface area (Å²) in [7, 11) is 0. The van der Waals surface area contributed by atoms with E-state index in [9.17, 15) is 4.79 Å². The number of hydrogen-bond acceptors (Lipinski definition) is 2. The highest BCUT2D eigenvalue weighted by Crippen LogP contribution is 2.42. The maximum Gasteiger partial charge on any atom is 0.220 e. The van der Waals surface area contributed by atoms with Gasteiger partial charge in [-0.15, -0.1) is 0 Å². The smallest absolute Gasteiger partial charge is 0.220 e. The molecule has 0 aromatic heterocycles. The Morgan fingerprint density at radius 2 is 2.20 bits per heavy atom. The van der Waals surface area contributed by atoms with Crippen LogP contribution in [0.3, 0.4) is 0 Å². The van der Waals surface area contributed by atoms with E-state index in [4.69, 9.17) is 5.11 Å². The fraction of sp³-hybridized carbons (Fsp3) is 0.917. The SMILES string of the molecule is CC1(C)CCCCC1CC(=O)NCCO. The van der Waals surface area contributed by atoms with Crippen molar-refractivity contribution in [2.45, 2.75) is 46.0 Å². The maximum absolute atomic E-state index is 11.5. The zero-order chi connectivity index (χ0) is 11.3. The molecule has 1 saturated carbocycles. The average Bonchev–Trinajstić information content (AvgIpc) is 2.18. The van der Waals surface area contributed by atoms with Crippen molar-refractivity contribution in [3.63, 3.8) is 0 Å². The van der Waals surface area contributed by atoms with Crippen LogP contribution in [0, 0.1) is 11.3 Å². The lowest BCUT2D eigenvalue weighted by Crippen LogP contribution is -2.34. The van der Waals surface area contributed by atoms with Gasteiger partial charge in [0.2, 0.25) is 5.91 Å². The minimum Gasteiger partial charge on any atom is -0.395 e. The van der Waals surface area contributed by atoms with Gasteiger partial charge in [0.05, 0.1) is 6.61 Å². The van der Waals surface area contributed by atoms with Crippen LogP contribution in [0.4, 0.5) is 0 Å². The highest BCUT2D eigenvalue weighted by molar-refractivity contribution is 5.76. The monoisotopic (exact) mass is 213 g/mol. The number of aliphatic hydroxyl groups is 1. The molecular formula is C12H23NO2. The Labute approximate surface area is 92.3 Å². The summed E-state index contributed by atoms with van der Waals surface area (Å²) in [5.41, 5.74) is 0.300. The fourth-order valence-electron chi connectivity index (χ4n) is 2.44. The van der Waals surface area contributed by atoms with Gasteiger partial charge < -0.3 is 10.4 Å². The second-order valence-corrected chi connectivity index (χ2v) is 5.21. The van der Waals surface area contributed by atoms with E-state index in [1.54, 1.807) is 0 Å². The summed E-state index contributed by atoms with van der Waals surface area (Å²) in [5, 5.41) is 11.3. The maximum atomic E-state index is 11.5. The van der Waals surface area contributed by atoms with Crippen molar-refractivity contribution in [2.24, 2.45) is 11.3 Å². The summed E-state index contributed by atoms with van der Waals surface area (Å²) in [5.74, 6) is 0.592. The quantitative estimate of drug-likeness (QED) is 0.746. The Morgan fingerprint density at radius 3 is 2.80 bits per heavy atom. The molecule has 3 heteroatoms. The third kappa shape index (κ3) is 3.82. The molecule has 0 heterocycles. The van der Waals surface area contributed by atoms with Crippen molar-refractivity contribution < 1.29 is 9.90 Å². The first kappa shape index (κ1) is 12.5. The lowest BCUT2D eigenvalue weighted by atomic mass is 9.67. The minimum absolute atomic E-state index is 0.0276. The van der Waals surface area contributed by atoms with Gasteiger partial charge in [-0.05, 0) is 24.2 Å². The van der Waals surface area contributed by atoms with Crippen LogP contribution in [-0.4, -0.2) is 24.2 Å². The molecule has 0 aromatic carbocycles. The van der Waals surface area contributed by atoms with Crippen molar-refractivity contribution in [1.82, 2.24) is 5.32 Å². The van der Waals surface area contributed by atoms with Gasteiger partial charge in [-0.2, -0.15) is 0 Å². The molecule has 1 rings (SSSR count). The van der Waals surface area contributed by atoms with Crippen LogP contribution in [0.2, 0.25) is 0 Å². The molecule has 0 aliphatic heterocycles. The Morgan fingerprint density at radius 1 is 1.47 bits per heavy atom. The lowest BCUT2D eigenvalue weighted by Gasteiger charge is -2.38. The second-order valence-electron chi connectivity index (χ2n) is 5.21. The molecule has 88 valence electrons. The summed E-state index contributed by atoms with van der Waals surface area (Å²) in [6, 6.07) is 0. The standard InChI is InChI=1S/C12H23NO2/c1-12(2)6-4-3-5-10(12)9-11(15)13-7-8-14/h10,14H,3-9H2,1-2H3,(H,13,15). The first-order chi connectivity index (χ1) is 7.06. The number of rotatable bonds is 4. The van der Waals surface area contributed by atoms with E-state index in [1.807, 2.05) is 0 Å². The Balaban J connectivity index is 2.38. The number of nitrogens with one attached hydrogen (secondary N) is 1. The Kier molecular flexibility index (Phi) is 4.58. The Hall–Kier alpha value is -0.570. The van der Waals surface area contributed by atoms with Crippen molar-refractivity contribution in [3.8, 4) is 0 Å². The van der Waals surface area contributed by atoms with Gasteiger partial charge >= 0.3 is 0 Å². The minimum atomic E-state index is 0.0276. The Bertz CT molecular complexity index is 214. The third-order valence-electron chi connectivity index (χ3n) is 3.59. The molecule has 1 aliphatic rings. The van der Waals surface area contributed by atoms with Crippen LogP contribution in [0.5, 0.6) is 0 Å². The van der Waals surface area contributed by atoms with Gasteiger partial charge in [0.25, 0.3) is 0 Å². The van der Waals surface area contributed by atoms with Crippen LogP contribution < -0.4 is 5.32 Å². The number of aliphatic hydroxyl groups excluding tert-OH is 1. The van der Waals surface area contributed by atoms with Gasteiger partial charge in [-0.3, -0.25) is 4.79 Å². The van der Waals surface area contributed by atoms with E-state index in [2.05, 4.69) is 19.2 Å². The largest absolute Gasteiger partial charge is 0.395 e. The highest BCUT2D eigenvalue weighted by atomic mass is 16.3. The van der Waals surface area contributed by atoms with Crippen molar-refractivity contribution in [3.05, 3.63) is 0 Å². The van der Waals surface area contributed by atoms with Crippen LogP contribution in [0.25, 0.3) is 0 Å². The number of amides is 1. The van der Waals surface area contributed by atoms with Crippen molar-refractivity contribution in [1.29, 1.82) is 0 Å². The number of hydrogen-bond donors (Lipinski definition) is 2. The van der Waals surface area contributed by atoms with Crippen molar-refractivity contribution >= 4 is 5.91 Å². The molecule has 15 heavy (non-hydrogen) atoms. The molecule has 1 fully saturated rings. The van der Waals surface area contributed by atoms with Gasteiger partial charge in [-0.25, -0.2) is 0 Å². The fourth-order valence-corrected chi connectivity index (χ4v) is 2.44. The average molecular weight is 213 g/mol. The zero-order valence-corrected chi connectivity index (χ0v) is 9.88. The first-order valence-corrected chi connectivity index (χ1v) is 5.94. The third-order valence-corrected chi connectivity index (χ3v) is 3.59. The molecular weight excluding hydrogens is 190 g/mol. The van der Waals surface area contributed by atoms with Crippen LogP contribution in [-0.2, 0) is 4.79 Å². The molecule has 0 spiro atoms. The highest BCUT2D eigenvalue weighted by Gasteiger charge is 2.33. The van der Waals surface area contributed by atoms with E-state index in [0.29, 0.717) is 24.3 Å². The van der Waals surface area contributed by atoms with E-state index >= 15 is 0 Å². The van der Waals surface area contributed by atoms with E-state index in [0.717, 1.165) is 0 Å². The van der Waals surface area contributed by atoms with E-state index < -0.39 is 0 Å². The predicted octanol–water partition coefficient (Wildman–Crippen LogP) is 1.70. The summed E-state index contributed by atoms with van der Waals surface area (Å²) in [4.78, 5) is 11.5. The van der Waals surface area contributed by atoms with E-state index in [1.165, 1.54) is 25.7 Å². The molecule has 1 amide bonds. The second kappa shape index (κ2) is 5.50. The van der Waals surface area contributed by atoms with Crippen LogP contribution in [0.1, 0.15) is 46.0 Å². The van der Waals surface area contributed by atoms with E-state index in [-0.39, 0.29) is 12.5 Å². The molecule has 0 radical (unpaired) electrons. The molecule has 1 unspecified atom stereocenters. The zero-order valence-electron chi connectivity index (χ0n) is 9.88. The molecule has 3 nitrogen and oxygen atoms in total. The van der Waals surface area contributed by atoms with Gasteiger partial charge in [0.15, 0.2) is 0 Å². The molecule has 2 N–H and O–H groups in total. The molecule has 0 bridgehead atoms. The van der Waals surface area contributed by atoms with Crippen molar-refractivity contribution in [2.75, 3.05) is 13.2 Å². The molecule has 0 saturated heterocycles. The van der Waals surface area contributed by atoms with Crippen LogP contribution >= 0.6 is 0 Å². The summed E-state index contributed by atoms with van der Waals surface area (Å²) in [6.45, 7) is 4.93. The number of carbonyl (C=O) groups excluding carboxylic acids is 1. The van der Waals surface area contributed by atoms with Gasteiger partial charge in [0.1, 0.15) is 0 Å². The number of carbonyl (C=O) groups is 1. The first-order valence-electron chi connectivity index (χ1n) is 5.94. The normalized spacial score (nSPS) is 24.9. The summed E-state index contributed by atoms with van der Waals surface area (Å²) in [6.07, 6.45) is 5.56. The van der Waals surface area contributed by atoms with Gasteiger partial charge in [0, 0.05) is 13.0 Å². The van der Waals surface area contributed by atoms with Crippen LogP contribution in [0.15, 0.2) is 0 Å². The van der Waals surface area contributed by atoms with Gasteiger partial charge in [-0.1, -0.05) is 26.7 Å².